The summed E-state index contributed by atoms with van der Waals surface area (Å²) >= 11 is 0. The van der Waals surface area contributed by atoms with Crippen LogP contribution in [0.5, 0.6) is 0 Å². The van der Waals surface area contributed by atoms with Crippen LogP contribution in [-0.2, 0) is 0 Å². The number of nitrogens with zero attached hydrogens (tertiary/aromatic N) is 1. The van der Waals surface area contributed by atoms with Gasteiger partial charge in [0.05, 0.1) is 6.73 Å². The molecule has 0 saturated carbocycles. The second kappa shape index (κ2) is 2.44. The van der Waals surface area contributed by atoms with E-state index in [-0.39, 0.29) is 6.73 Å². The molecule has 1 heterocycles. The average molecular weight is 116 g/mol. The molecule has 1 unspecified atom stereocenters. The minimum atomic E-state index is 0.160. The van der Waals surface area contributed by atoms with Gasteiger partial charge in [-0.15, -0.1) is 0 Å². The van der Waals surface area contributed by atoms with Gasteiger partial charge in [-0.25, -0.2) is 0 Å². The number of hydrogen-bond acceptors (Lipinski definition) is 3. The highest BCUT2D eigenvalue weighted by Gasteiger charge is 2.16. The summed E-state index contributed by atoms with van der Waals surface area (Å²) in [6.07, 6.45) is 1.03. The molecule has 0 spiro atoms. The average Bonchev–Trinajstić information content (AvgIpc) is 2.14. The lowest BCUT2D eigenvalue weighted by Crippen LogP contribution is -2.26. The summed E-state index contributed by atoms with van der Waals surface area (Å²) in [6, 6.07) is 0.294. The normalized spacial score (nSPS) is 31.5. The van der Waals surface area contributed by atoms with E-state index in [1.807, 2.05) is 4.90 Å². The van der Waals surface area contributed by atoms with Crippen molar-refractivity contribution >= 4 is 0 Å². The van der Waals surface area contributed by atoms with Gasteiger partial charge in [0.15, 0.2) is 0 Å². The summed E-state index contributed by atoms with van der Waals surface area (Å²) in [5.74, 6) is 0. The van der Waals surface area contributed by atoms with Crippen LogP contribution in [0.4, 0.5) is 0 Å². The van der Waals surface area contributed by atoms with Gasteiger partial charge in [-0.2, -0.15) is 0 Å². The molecule has 1 fully saturated rings. The lowest BCUT2D eigenvalue weighted by Gasteiger charge is -2.08. The van der Waals surface area contributed by atoms with Crippen molar-refractivity contribution < 1.29 is 5.11 Å². The van der Waals surface area contributed by atoms with E-state index >= 15 is 0 Å². The zero-order chi connectivity index (χ0) is 5.98. The number of nitrogens with two attached hydrogens (primary N) is 1. The summed E-state index contributed by atoms with van der Waals surface area (Å²) in [7, 11) is 0. The van der Waals surface area contributed by atoms with Gasteiger partial charge in [-0.05, 0) is 6.42 Å². The van der Waals surface area contributed by atoms with E-state index in [0.717, 1.165) is 19.5 Å². The van der Waals surface area contributed by atoms with E-state index in [1.54, 1.807) is 0 Å². The molecule has 1 saturated heterocycles. The van der Waals surface area contributed by atoms with Crippen molar-refractivity contribution in [2.24, 2.45) is 5.73 Å². The molecule has 1 rings (SSSR count). The molecule has 1 atom stereocenters. The van der Waals surface area contributed by atoms with Crippen LogP contribution in [0.2, 0.25) is 0 Å². The monoisotopic (exact) mass is 116 g/mol. The van der Waals surface area contributed by atoms with E-state index in [9.17, 15) is 0 Å². The van der Waals surface area contributed by atoms with E-state index in [4.69, 9.17) is 10.8 Å². The van der Waals surface area contributed by atoms with Gasteiger partial charge in [0.2, 0.25) is 0 Å². The van der Waals surface area contributed by atoms with Crippen LogP contribution >= 0.6 is 0 Å². The molecule has 0 aliphatic carbocycles. The highest BCUT2D eigenvalue weighted by atomic mass is 16.3. The maximum Gasteiger partial charge on any atom is 0.0957 e. The third-order valence-electron chi connectivity index (χ3n) is 1.51. The number of rotatable bonds is 1. The largest absolute Gasteiger partial charge is 0.381 e. The van der Waals surface area contributed by atoms with Gasteiger partial charge in [-0.1, -0.05) is 0 Å². The molecule has 1 aliphatic rings. The lowest BCUT2D eigenvalue weighted by atomic mass is 10.3. The Balaban J connectivity index is 2.22. The standard InChI is InChI=1S/C5H12N2O/c6-5-1-2-7(3-5)4-8/h5,8H,1-4,6H2. The lowest BCUT2D eigenvalue weighted by molar-refractivity contribution is 0.130. The fourth-order valence-corrected chi connectivity index (χ4v) is 0.991. The molecule has 0 bridgehead atoms. The zero-order valence-electron chi connectivity index (χ0n) is 4.88. The van der Waals surface area contributed by atoms with E-state index in [2.05, 4.69) is 0 Å². The molecule has 0 amide bonds. The van der Waals surface area contributed by atoms with Crippen molar-refractivity contribution in [3.8, 4) is 0 Å². The Morgan fingerprint density at radius 3 is 2.75 bits per heavy atom. The third kappa shape index (κ3) is 1.18. The van der Waals surface area contributed by atoms with E-state index in [1.165, 1.54) is 0 Å². The Bertz CT molecular complexity index is 76.8. The Labute approximate surface area is 49.1 Å². The van der Waals surface area contributed by atoms with Crippen molar-refractivity contribution in [3.63, 3.8) is 0 Å². The van der Waals surface area contributed by atoms with Crippen LogP contribution < -0.4 is 5.73 Å². The molecule has 0 aromatic rings. The van der Waals surface area contributed by atoms with Crippen molar-refractivity contribution in [1.29, 1.82) is 0 Å². The highest BCUT2D eigenvalue weighted by Crippen LogP contribution is 2.03. The first-order valence-electron chi connectivity index (χ1n) is 2.91. The Morgan fingerprint density at radius 2 is 2.50 bits per heavy atom. The minimum Gasteiger partial charge on any atom is -0.381 e. The van der Waals surface area contributed by atoms with Crippen LogP contribution in [0.25, 0.3) is 0 Å². The van der Waals surface area contributed by atoms with E-state index in [0.29, 0.717) is 6.04 Å². The van der Waals surface area contributed by atoms with E-state index < -0.39 is 0 Å². The molecule has 3 N–H and O–H groups in total. The molecule has 0 aromatic heterocycles. The molecule has 48 valence electrons. The van der Waals surface area contributed by atoms with Crippen LogP contribution in [0.15, 0.2) is 0 Å². The van der Waals surface area contributed by atoms with Crippen LogP contribution in [0, 0.1) is 0 Å². The highest BCUT2D eigenvalue weighted by molar-refractivity contribution is 4.75. The SMILES string of the molecule is NC1CCN(CO)C1. The smallest absolute Gasteiger partial charge is 0.0957 e. The second-order valence-electron chi connectivity index (χ2n) is 2.27. The Morgan fingerprint density at radius 1 is 1.75 bits per heavy atom. The maximum atomic E-state index is 8.55. The summed E-state index contributed by atoms with van der Waals surface area (Å²) in [6.45, 7) is 1.97. The van der Waals surface area contributed by atoms with Gasteiger partial charge >= 0.3 is 0 Å². The molecule has 0 radical (unpaired) electrons. The van der Waals surface area contributed by atoms with Crippen molar-refractivity contribution in [2.45, 2.75) is 12.5 Å². The minimum absolute atomic E-state index is 0.160. The third-order valence-corrected chi connectivity index (χ3v) is 1.51. The predicted molar refractivity (Wildman–Crippen MR) is 31.3 cm³/mol. The summed E-state index contributed by atoms with van der Waals surface area (Å²) < 4.78 is 0. The van der Waals surface area contributed by atoms with Crippen LogP contribution in [-0.4, -0.2) is 35.9 Å². The van der Waals surface area contributed by atoms with Crippen molar-refractivity contribution in [2.75, 3.05) is 19.8 Å². The fraction of sp³-hybridized carbons (Fsp3) is 1.00. The molecule has 8 heavy (non-hydrogen) atoms. The van der Waals surface area contributed by atoms with Crippen LogP contribution in [0.3, 0.4) is 0 Å². The molecule has 3 heteroatoms. The molecule has 1 aliphatic heterocycles. The summed E-state index contributed by atoms with van der Waals surface area (Å²) in [5, 5.41) is 8.55. The van der Waals surface area contributed by atoms with Gasteiger partial charge in [0, 0.05) is 19.1 Å². The number of aliphatic hydroxyl groups is 1. The van der Waals surface area contributed by atoms with Gasteiger partial charge in [0.25, 0.3) is 0 Å². The zero-order valence-corrected chi connectivity index (χ0v) is 4.88. The summed E-state index contributed by atoms with van der Waals surface area (Å²) in [4.78, 5) is 1.94. The van der Waals surface area contributed by atoms with Crippen LogP contribution in [0.1, 0.15) is 6.42 Å². The maximum absolute atomic E-state index is 8.55. The number of likely N-dealkylation sites (tertiary alicyclic amines) is 1. The molecule has 0 aromatic carbocycles. The molecular weight excluding hydrogens is 104 g/mol. The first-order chi connectivity index (χ1) is 3.83. The predicted octanol–water partition coefficient (Wildman–Crippen LogP) is -1.03. The van der Waals surface area contributed by atoms with Crippen molar-refractivity contribution in [1.82, 2.24) is 4.90 Å². The van der Waals surface area contributed by atoms with Crippen molar-refractivity contribution in [3.05, 3.63) is 0 Å². The Kier molecular flexibility index (Phi) is 1.83. The topological polar surface area (TPSA) is 49.5 Å². The number of aliphatic hydroxyl groups excluding tert-OH is 1. The Hall–Kier alpha value is -0.120. The van der Waals surface area contributed by atoms with Gasteiger partial charge < -0.3 is 10.8 Å². The molecular formula is C5H12N2O. The summed E-state index contributed by atoms with van der Waals surface area (Å²) in [5.41, 5.74) is 5.55. The number of hydrogen-bond donors (Lipinski definition) is 2. The second-order valence-corrected chi connectivity index (χ2v) is 2.27. The first kappa shape index (κ1) is 6.01. The first-order valence-corrected chi connectivity index (χ1v) is 2.91. The van der Waals surface area contributed by atoms with Gasteiger partial charge in [-0.3, -0.25) is 4.90 Å². The fourth-order valence-electron chi connectivity index (χ4n) is 0.991. The quantitative estimate of drug-likeness (QED) is 0.460. The molecule has 3 nitrogen and oxygen atoms in total. The van der Waals surface area contributed by atoms with Gasteiger partial charge in [0.1, 0.15) is 0 Å².